The molecular weight excluding hydrogens is 309 g/mol. The van der Waals surface area contributed by atoms with Crippen molar-refractivity contribution >= 4 is 29.2 Å². The molecule has 1 aromatic carbocycles. The summed E-state index contributed by atoms with van der Waals surface area (Å²) in [5.74, 6) is 1.43. The van der Waals surface area contributed by atoms with E-state index in [1.165, 1.54) is 0 Å². The van der Waals surface area contributed by atoms with Crippen molar-refractivity contribution in [1.82, 2.24) is 20.1 Å². The highest BCUT2D eigenvalue weighted by Gasteiger charge is 2.16. The summed E-state index contributed by atoms with van der Waals surface area (Å²) >= 11 is 12.2. The van der Waals surface area contributed by atoms with Crippen molar-refractivity contribution in [2.75, 3.05) is 18.4 Å². The average molecular weight is 326 g/mol. The topological polar surface area (TPSA) is 54.8 Å². The van der Waals surface area contributed by atoms with Crippen molar-refractivity contribution < 1.29 is 0 Å². The van der Waals surface area contributed by atoms with Gasteiger partial charge < -0.3 is 10.6 Å². The lowest BCUT2D eigenvalue weighted by Gasteiger charge is -2.22. The Kier molecular flexibility index (Phi) is 4.33. The Morgan fingerprint density at radius 1 is 1.29 bits per heavy atom. The van der Waals surface area contributed by atoms with Gasteiger partial charge in [-0.15, -0.1) is 5.10 Å². The minimum absolute atomic E-state index is 0.419. The maximum atomic E-state index is 6.24. The highest BCUT2D eigenvalue weighted by Crippen LogP contribution is 2.25. The van der Waals surface area contributed by atoms with Gasteiger partial charge in [-0.05, 0) is 51.1 Å². The number of rotatable bonds is 3. The largest absolute Gasteiger partial charge is 0.350 e. The lowest BCUT2D eigenvalue weighted by atomic mass is 10.1. The fraction of sp³-hybridized carbons (Fsp3) is 0.429. The van der Waals surface area contributed by atoms with Crippen molar-refractivity contribution in [3.63, 3.8) is 0 Å². The summed E-state index contributed by atoms with van der Waals surface area (Å²) in [6.45, 7) is 3.96. The van der Waals surface area contributed by atoms with Gasteiger partial charge in [-0.3, -0.25) is 0 Å². The smallest absolute Gasteiger partial charge is 0.242 e. The van der Waals surface area contributed by atoms with Gasteiger partial charge in [0.1, 0.15) is 5.82 Å². The number of aromatic nitrogens is 3. The van der Waals surface area contributed by atoms with Crippen molar-refractivity contribution in [2.24, 2.45) is 0 Å². The van der Waals surface area contributed by atoms with E-state index in [-0.39, 0.29) is 0 Å². The molecule has 2 aromatic rings. The van der Waals surface area contributed by atoms with E-state index in [1.807, 2.05) is 13.0 Å². The third-order valence-electron chi connectivity index (χ3n) is 3.58. The lowest BCUT2D eigenvalue weighted by Crippen LogP contribution is -2.35. The normalized spacial score (nSPS) is 16.1. The van der Waals surface area contributed by atoms with Gasteiger partial charge in [-0.2, -0.15) is 4.98 Å². The SMILES string of the molecule is Cc1nc(NC2CCNCC2)nn1-c1ccc(Cl)cc1Cl. The van der Waals surface area contributed by atoms with Gasteiger partial charge >= 0.3 is 0 Å². The number of halogens is 2. The Bertz CT molecular complexity index is 634. The summed E-state index contributed by atoms with van der Waals surface area (Å²) in [5, 5.41) is 12.4. The number of hydrogen-bond acceptors (Lipinski definition) is 4. The molecule has 1 aliphatic rings. The molecule has 0 saturated carbocycles. The number of aryl methyl sites for hydroxylation is 1. The van der Waals surface area contributed by atoms with Crippen LogP contribution in [0.2, 0.25) is 10.0 Å². The molecule has 0 unspecified atom stereocenters. The molecule has 2 N–H and O–H groups in total. The Morgan fingerprint density at radius 2 is 2.05 bits per heavy atom. The van der Waals surface area contributed by atoms with Crippen LogP contribution >= 0.6 is 23.2 Å². The van der Waals surface area contributed by atoms with E-state index in [0.717, 1.165) is 37.4 Å². The van der Waals surface area contributed by atoms with E-state index in [9.17, 15) is 0 Å². The third kappa shape index (κ3) is 3.31. The maximum Gasteiger partial charge on any atom is 0.242 e. The van der Waals surface area contributed by atoms with Gasteiger partial charge in [0.05, 0.1) is 10.7 Å². The van der Waals surface area contributed by atoms with Gasteiger partial charge in [0.15, 0.2) is 0 Å². The molecule has 0 spiro atoms. The van der Waals surface area contributed by atoms with Crippen LogP contribution in [-0.2, 0) is 0 Å². The first-order valence-corrected chi connectivity index (χ1v) is 7.75. The van der Waals surface area contributed by atoms with Crippen LogP contribution in [0.4, 0.5) is 5.95 Å². The van der Waals surface area contributed by atoms with Crippen LogP contribution in [0.25, 0.3) is 5.69 Å². The first kappa shape index (κ1) is 14.6. The van der Waals surface area contributed by atoms with E-state index >= 15 is 0 Å². The number of anilines is 1. The van der Waals surface area contributed by atoms with E-state index in [2.05, 4.69) is 20.7 Å². The van der Waals surface area contributed by atoms with Crippen LogP contribution < -0.4 is 10.6 Å². The molecule has 112 valence electrons. The van der Waals surface area contributed by atoms with E-state index in [0.29, 0.717) is 22.0 Å². The van der Waals surface area contributed by atoms with E-state index < -0.39 is 0 Å². The number of nitrogens with zero attached hydrogens (tertiary/aromatic N) is 3. The molecule has 2 heterocycles. The molecule has 0 amide bonds. The van der Waals surface area contributed by atoms with Crippen LogP contribution in [0.1, 0.15) is 18.7 Å². The highest BCUT2D eigenvalue weighted by atomic mass is 35.5. The molecule has 1 fully saturated rings. The molecule has 1 saturated heterocycles. The Balaban J connectivity index is 1.83. The van der Waals surface area contributed by atoms with Crippen molar-refractivity contribution in [2.45, 2.75) is 25.8 Å². The second kappa shape index (κ2) is 6.22. The van der Waals surface area contributed by atoms with E-state index in [1.54, 1.807) is 16.8 Å². The summed E-state index contributed by atoms with van der Waals surface area (Å²) in [6, 6.07) is 5.77. The summed E-state index contributed by atoms with van der Waals surface area (Å²) < 4.78 is 1.74. The molecule has 1 aromatic heterocycles. The highest BCUT2D eigenvalue weighted by molar-refractivity contribution is 6.35. The predicted molar refractivity (Wildman–Crippen MR) is 85.6 cm³/mol. The predicted octanol–water partition coefficient (Wildman–Crippen LogP) is 3.05. The van der Waals surface area contributed by atoms with Gasteiger partial charge in [0, 0.05) is 11.1 Å². The van der Waals surface area contributed by atoms with Gasteiger partial charge in [-0.25, -0.2) is 4.68 Å². The molecular formula is C14H17Cl2N5. The Labute approximate surface area is 133 Å². The monoisotopic (exact) mass is 325 g/mol. The van der Waals surface area contributed by atoms with Crippen LogP contribution in [0, 0.1) is 6.92 Å². The molecule has 5 nitrogen and oxygen atoms in total. The molecule has 0 radical (unpaired) electrons. The molecule has 1 aliphatic heterocycles. The zero-order valence-corrected chi connectivity index (χ0v) is 13.2. The first-order valence-electron chi connectivity index (χ1n) is 7.00. The molecule has 0 aliphatic carbocycles. The molecule has 7 heteroatoms. The second-order valence-electron chi connectivity index (χ2n) is 5.16. The Morgan fingerprint density at radius 3 is 2.76 bits per heavy atom. The summed E-state index contributed by atoms with van der Waals surface area (Å²) in [5.41, 5.74) is 0.782. The van der Waals surface area contributed by atoms with Gasteiger partial charge in [0.2, 0.25) is 5.95 Å². The number of nitrogens with one attached hydrogen (secondary N) is 2. The quantitative estimate of drug-likeness (QED) is 0.910. The Hall–Kier alpha value is -1.30. The van der Waals surface area contributed by atoms with Crippen molar-refractivity contribution in [3.05, 3.63) is 34.1 Å². The van der Waals surface area contributed by atoms with Crippen LogP contribution in [0.3, 0.4) is 0 Å². The summed E-state index contributed by atoms with van der Waals surface area (Å²) in [7, 11) is 0. The summed E-state index contributed by atoms with van der Waals surface area (Å²) in [4.78, 5) is 4.47. The van der Waals surface area contributed by atoms with Crippen molar-refractivity contribution in [3.8, 4) is 5.69 Å². The molecule has 0 bridgehead atoms. The minimum atomic E-state index is 0.419. The number of benzene rings is 1. The molecule has 0 atom stereocenters. The maximum absolute atomic E-state index is 6.24. The molecule has 3 rings (SSSR count). The van der Waals surface area contributed by atoms with E-state index in [4.69, 9.17) is 23.2 Å². The lowest BCUT2D eigenvalue weighted by molar-refractivity contribution is 0.477. The number of piperidine rings is 1. The third-order valence-corrected chi connectivity index (χ3v) is 4.12. The van der Waals surface area contributed by atoms with Gasteiger partial charge in [0.25, 0.3) is 0 Å². The number of hydrogen-bond donors (Lipinski definition) is 2. The minimum Gasteiger partial charge on any atom is -0.350 e. The average Bonchev–Trinajstić information content (AvgIpc) is 2.80. The zero-order chi connectivity index (χ0) is 14.8. The zero-order valence-electron chi connectivity index (χ0n) is 11.7. The van der Waals surface area contributed by atoms with Crippen molar-refractivity contribution in [1.29, 1.82) is 0 Å². The fourth-order valence-electron chi connectivity index (χ4n) is 2.48. The van der Waals surface area contributed by atoms with Crippen LogP contribution in [0.15, 0.2) is 18.2 Å². The summed E-state index contributed by atoms with van der Waals surface area (Å²) in [6.07, 6.45) is 2.16. The van der Waals surface area contributed by atoms with Crippen LogP contribution in [0.5, 0.6) is 0 Å². The molecule has 21 heavy (non-hydrogen) atoms. The van der Waals surface area contributed by atoms with Crippen LogP contribution in [-0.4, -0.2) is 33.9 Å². The van der Waals surface area contributed by atoms with Gasteiger partial charge in [-0.1, -0.05) is 23.2 Å². The first-order chi connectivity index (χ1) is 10.1. The standard InChI is InChI=1S/C14H17Cl2N5/c1-9-18-14(19-11-4-6-17-7-5-11)20-21(9)13-3-2-10(15)8-12(13)16/h2-3,8,11,17H,4-7H2,1H3,(H,19,20). The second-order valence-corrected chi connectivity index (χ2v) is 6.00. The fourth-order valence-corrected chi connectivity index (χ4v) is 2.97.